The number of hydrogen-bond acceptors (Lipinski definition) is 4. The standard InChI is InChI=1S/C15H18ClN3OS/c1-2-4-12(13-5-3-6-21-13)19-14-10(15(18)20)7-9(17)8-11(14)16/h3,5-8,12,19H,2,4,17H2,1H3,(H2,18,20). The maximum Gasteiger partial charge on any atom is 0.250 e. The highest BCUT2D eigenvalue weighted by Gasteiger charge is 2.18. The molecule has 1 unspecified atom stereocenters. The largest absolute Gasteiger partial charge is 0.399 e. The van der Waals surface area contributed by atoms with Gasteiger partial charge in [0.05, 0.1) is 22.3 Å². The minimum Gasteiger partial charge on any atom is -0.399 e. The Morgan fingerprint density at radius 2 is 2.24 bits per heavy atom. The summed E-state index contributed by atoms with van der Waals surface area (Å²) >= 11 is 7.90. The number of nitrogen functional groups attached to an aromatic ring is 1. The quantitative estimate of drug-likeness (QED) is 0.702. The number of halogens is 1. The Hall–Kier alpha value is -1.72. The molecule has 0 aliphatic rings. The highest BCUT2D eigenvalue weighted by molar-refractivity contribution is 7.10. The molecule has 112 valence electrons. The second-order valence-electron chi connectivity index (χ2n) is 4.79. The number of amides is 1. The third kappa shape index (κ3) is 3.68. The topological polar surface area (TPSA) is 81.1 Å². The number of primary amides is 1. The van der Waals surface area contributed by atoms with Crippen molar-refractivity contribution in [2.75, 3.05) is 11.1 Å². The zero-order valence-corrected chi connectivity index (χ0v) is 13.3. The molecule has 0 radical (unpaired) electrons. The lowest BCUT2D eigenvalue weighted by molar-refractivity contribution is 0.100. The molecule has 1 amide bonds. The molecule has 0 bridgehead atoms. The van der Waals surface area contributed by atoms with Crippen molar-refractivity contribution in [2.45, 2.75) is 25.8 Å². The Balaban J connectivity index is 2.39. The molecule has 0 fully saturated rings. The number of anilines is 2. The number of nitrogens with two attached hydrogens (primary N) is 2. The first kappa shape index (κ1) is 15.7. The van der Waals surface area contributed by atoms with Gasteiger partial charge in [-0.2, -0.15) is 0 Å². The first-order valence-electron chi connectivity index (χ1n) is 6.71. The Morgan fingerprint density at radius 3 is 2.81 bits per heavy atom. The fourth-order valence-corrected chi connectivity index (χ4v) is 3.30. The molecular formula is C15H18ClN3OS. The van der Waals surface area contributed by atoms with Crippen molar-refractivity contribution in [3.8, 4) is 0 Å². The molecule has 0 saturated heterocycles. The molecule has 0 aliphatic heterocycles. The number of carbonyl (C=O) groups is 1. The van der Waals surface area contributed by atoms with Crippen LogP contribution >= 0.6 is 22.9 Å². The van der Waals surface area contributed by atoms with Crippen molar-refractivity contribution in [3.63, 3.8) is 0 Å². The van der Waals surface area contributed by atoms with E-state index < -0.39 is 5.91 Å². The third-order valence-electron chi connectivity index (χ3n) is 3.16. The Bertz CT molecular complexity index is 628. The average molecular weight is 324 g/mol. The molecular weight excluding hydrogens is 306 g/mol. The molecule has 1 aromatic heterocycles. The van der Waals surface area contributed by atoms with Crippen LogP contribution in [0.3, 0.4) is 0 Å². The van der Waals surface area contributed by atoms with Gasteiger partial charge in [-0.15, -0.1) is 11.3 Å². The number of nitrogens with one attached hydrogen (secondary N) is 1. The molecule has 1 atom stereocenters. The maximum absolute atomic E-state index is 11.6. The van der Waals surface area contributed by atoms with Crippen LogP contribution in [0.15, 0.2) is 29.6 Å². The summed E-state index contributed by atoms with van der Waals surface area (Å²) in [6.07, 6.45) is 1.94. The van der Waals surface area contributed by atoms with E-state index in [2.05, 4.69) is 18.3 Å². The summed E-state index contributed by atoms with van der Waals surface area (Å²) in [4.78, 5) is 12.8. The summed E-state index contributed by atoms with van der Waals surface area (Å²) in [7, 11) is 0. The molecule has 21 heavy (non-hydrogen) atoms. The van der Waals surface area contributed by atoms with E-state index in [0.717, 1.165) is 12.8 Å². The van der Waals surface area contributed by atoms with Crippen molar-refractivity contribution in [3.05, 3.63) is 45.1 Å². The van der Waals surface area contributed by atoms with E-state index in [9.17, 15) is 4.79 Å². The van der Waals surface area contributed by atoms with Crippen LogP contribution in [0.2, 0.25) is 5.02 Å². The molecule has 0 spiro atoms. The third-order valence-corrected chi connectivity index (χ3v) is 4.44. The Labute approximate surface area is 133 Å². The van der Waals surface area contributed by atoms with E-state index >= 15 is 0 Å². The number of benzene rings is 1. The Kier molecular flexibility index (Phi) is 5.09. The molecule has 4 nitrogen and oxygen atoms in total. The Morgan fingerprint density at radius 1 is 1.48 bits per heavy atom. The van der Waals surface area contributed by atoms with Crippen molar-refractivity contribution >= 4 is 40.2 Å². The monoisotopic (exact) mass is 323 g/mol. The van der Waals surface area contributed by atoms with Crippen molar-refractivity contribution in [1.82, 2.24) is 0 Å². The maximum atomic E-state index is 11.6. The van der Waals surface area contributed by atoms with Gasteiger partial charge >= 0.3 is 0 Å². The van der Waals surface area contributed by atoms with Gasteiger partial charge in [0.2, 0.25) is 0 Å². The molecule has 2 aromatic rings. The highest BCUT2D eigenvalue weighted by atomic mass is 35.5. The molecule has 1 aromatic carbocycles. The van der Waals surface area contributed by atoms with Crippen LogP contribution in [0, 0.1) is 0 Å². The molecule has 5 N–H and O–H groups in total. The van der Waals surface area contributed by atoms with Gasteiger partial charge in [-0.25, -0.2) is 0 Å². The van der Waals surface area contributed by atoms with Crippen LogP contribution in [0.25, 0.3) is 0 Å². The van der Waals surface area contributed by atoms with Crippen molar-refractivity contribution < 1.29 is 4.79 Å². The van der Waals surface area contributed by atoms with Crippen molar-refractivity contribution in [2.24, 2.45) is 5.73 Å². The van der Waals surface area contributed by atoms with Crippen LogP contribution in [-0.2, 0) is 0 Å². The summed E-state index contributed by atoms with van der Waals surface area (Å²) in [5, 5.41) is 5.78. The predicted molar refractivity (Wildman–Crippen MR) is 90.0 cm³/mol. The van der Waals surface area contributed by atoms with Gasteiger partial charge in [0.15, 0.2) is 0 Å². The van der Waals surface area contributed by atoms with E-state index in [1.807, 2.05) is 11.4 Å². The average Bonchev–Trinajstić information content (AvgIpc) is 2.94. The van der Waals surface area contributed by atoms with Gasteiger partial charge < -0.3 is 16.8 Å². The summed E-state index contributed by atoms with van der Waals surface area (Å²) in [6.45, 7) is 2.11. The van der Waals surface area contributed by atoms with E-state index in [-0.39, 0.29) is 6.04 Å². The number of thiophene rings is 1. The normalized spacial score (nSPS) is 12.1. The molecule has 6 heteroatoms. The molecule has 1 heterocycles. The number of rotatable bonds is 6. The van der Waals surface area contributed by atoms with Gasteiger partial charge in [0.25, 0.3) is 5.91 Å². The minimum atomic E-state index is -0.548. The van der Waals surface area contributed by atoms with E-state index in [1.54, 1.807) is 23.5 Å². The van der Waals surface area contributed by atoms with E-state index in [1.165, 1.54) is 4.88 Å². The van der Waals surface area contributed by atoms with Crippen LogP contribution in [0.5, 0.6) is 0 Å². The summed E-state index contributed by atoms with van der Waals surface area (Å²) in [5.41, 5.74) is 12.4. The van der Waals surface area contributed by atoms with Crippen LogP contribution in [0.1, 0.15) is 41.0 Å². The molecule has 0 saturated carbocycles. The van der Waals surface area contributed by atoms with Gasteiger partial charge in [-0.05, 0) is 30.0 Å². The minimum absolute atomic E-state index is 0.0919. The molecule has 2 rings (SSSR count). The van der Waals surface area contributed by atoms with Gasteiger partial charge in [-0.3, -0.25) is 4.79 Å². The molecule has 0 aliphatic carbocycles. The smallest absolute Gasteiger partial charge is 0.250 e. The zero-order chi connectivity index (χ0) is 15.4. The van der Waals surface area contributed by atoms with Crippen LogP contribution in [-0.4, -0.2) is 5.91 Å². The summed E-state index contributed by atoms with van der Waals surface area (Å²) in [5.74, 6) is -0.548. The zero-order valence-electron chi connectivity index (χ0n) is 11.7. The lowest BCUT2D eigenvalue weighted by Gasteiger charge is -2.21. The second kappa shape index (κ2) is 6.83. The van der Waals surface area contributed by atoms with E-state index in [4.69, 9.17) is 23.1 Å². The second-order valence-corrected chi connectivity index (χ2v) is 6.18. The van der Waals surface area contributed by atoms with E-state index in [0.29, 0.717) is 22.0 Å². The van der Waals surface area contributed by atoms with Gasteiger partial charge in [-0.1, -0.05) is 31.0 Å². The lowest BCUT2D eigenvalue weighted by Crippen LogP contribution is -2.17. The first-order chi connectivity index (χ1) is 10.0. The fourth-order valence-electron chi connectivity index (χ4n) is 2.21. The number of hydrogen-bond donors (Lipinski definition) is 3. The lowest BCUT2D eigenvalue weighted by atomic mass is 10.1. The van der Waals surface area contributed by atoms with Crippen LogP contribution in [0.4, 0.5) is 11.4 Å². The summed E-state index contributed by atoms with van der Waals surface area (Å²) < 4.78 is 0. The highest BCUT2D eigenvalue weighted by Crippen LogP contribution is 2.34. The van der Waals surface area contributed by atoms with Gasteiger partial charge in [0.1, 0.15) is 0 Å². The summed E-state index contributed by atoms with van der Waals surface area (Å²) in [6, 6.07) is 7.33. The van der Waals surface area contributed by atoms with Crippen LogP contribution < -0.4 is 16.8 Å². The first-order valence-corrected chi connectivity index (χ1v) is 7.97. The predicted octanol–water partition coefficient (Wildman–Crippen LogP) is 4.04. The SMILES string of the molecule is CCCC(Nc1c(Cl)cc(N)cc1C(N)=O)c1cccs1. The fraction of sp³-hybridized carbons (Fsp3) is 0.267. The van der Waals surface area contributed by atoms with Crippen molar-refractivity contribution in [1.29, 1.82) is 0 Å². The number of carbonyl (C=O) groups excluding carboxylic acids is 1. The van der Waals surface area contributed by atoms with Gasteiger partial charge in [0, 0.05) is 10.6 Å².